The van der Waals surface area contributed by atoms with E-state index >= 15 is 0 Å². The van der Waals surface area contributed by atoms with Crippen LogP contribution in [0.2, 0.25) is 0 Å². The largest absolute Gasteiger partial charge is 0.614 e. The molecule has 0 aliphatic carbocycles. The quantitative estimate of drug-likeness (QED) is 0.546. The van der Waals surface area contributed by atoms with Crippen molar-refractivity contribution in [3.8, 4) is 0 Å². The summed E-state index contributed by atoms with van der Waals surface area (Å²) >= 11 is -0.772. The fourth-order valence-electron chi connectivity index (χ4n) is 3.16. The maximum atomic E-state index is 11.7. The third kappa shape index (κ3) is 2.01. The number of hydrogen-bond acceptors (Lipinski definition) is 2. The highest BCUT2D eigenvalue weighted by Crippen LogP contribution is 2.35. The minimum atomic E-state index is -0.772. The van der Waals surface area contributed by atoms with Gasteiger partial charge in [0.1, 0.15) is 11.8 Å². The van der Waals surface area contributed by atoms with Crippen molar-refractivity contribution >= 4 is 11.2 Å². The Kier molecular flexibility index (Phi) is 3.55. The summed E-state index contributed by atoms with van der Waals surface area (Å²) < 4.78 is 18.7. The van der Waals surface area contributed by atoms with Gasteiger partial charge in [0, 0.05) is 19.8 Å². The summed E-state index contributed by atoms with van der Waals surface area (Å²) in [7, 11) is 2.33. The smallest absolute Gasteiger partial charge is 0.213 e. The Hall–Kier alpha value is 0.230. The van der Waals surface area contributed by atoms with E-state index in [1.165, 1.54) is 19.4 Å². The third-order valence-corrected chi connectivity index (χ3v) is 6.08. The highest BCUT2D eigenvalue weighted by atomic mass is 32.2. The molecule has 5 atom stereocenters. The summed E-state index contributed by atoms with van der Waals surface area (Å²) in [6, 6.07) is 1.18. The van der Waals surface area contributed by atoms with Crippen molar-refractivity contribution in [2.45, 2.75) is 57.2 Å². The lowest BCUT2D eigenvalue weighted by molar-refractivity contribution is -0.943. The predicted molar refractivity (Wildman–Crippen MR) is 66.6 cm³/mol. The van der Waals surface area contributed by atoms with Crippen molar-refractivity contribution < 1.29 is 13.8 Å². The van der Waals surface area contributed by atoms with E-state index in [9.17, 15) is 4.55 Å². The van der Waals surface area contributed by atoms with Crippen molar-refractivity contribution in [1.29, 1.82) is 0 Å². The lowest BCUT2D eigenvalue weighted by atomic mass is 10.1. The van der Waals surface area contributed by atoms with Crippen LogP contribution < -0.4 is 0 Å². The fraction of sp³-hybridized carbons (Fsp3) is 1.00. The number of rotatable bonds is 2. The SMILES string of the molecule is CC1OC(C2CCC[N+]2(C)C(C)C)C[S+]1[O-]. The van der Waals surface area contributed by atoms with E-state index in [4.69, 9.17) is 4.74 Å². The Bertz CT molecular complexity index is 251. The van der Waals surface area contributed by atoms with E-state index < -0.39 is 11.2 Å². The van der Waals surface area contributed by atoms with Gasteiger partial charge in [-0.15, -0.1) is 0 Å². The first-order chi connectivity index (χ1) is 7.45. The molecule has 2 saturated heterocycles. The van der Waals surface area contributed by atoms with Crippen LogP contribution >= 0.6 is 0 Å². The molecule has 2 fully saturated rings. The van der Waals surface area contributed by atoms with E-state index in [0.717, 1.165) is 10.2 Å². The van der Waals surface area contributed by atoms with Crippen LogP contribution in [0.5, 0.6) is 0 Å². The van der Waals surface area contributed by atoms with Crippen molar-refractivity contribution in [2.24, 2.45) is 0 Å². The van der Waals surface area contributed by atoms with Gasteiger partial charge in [-0.3, -0.25) is 0 Å². The third-order valence-electron chi connectivity index (χ3n) is 4.57. The fourth-order valence-corrected chi connectivity index (χ4v) is 4.32. The first-order valence-corrected chi connectivity index (χ1v) is 7.71. The predicted octanol–water partition coefficient (Wildman–Crippen LogP) is 1.50. The summed E-state index contributed by atoms with van der Waals surface area (Å²) in [4.78, 5) is 0. The summed E-state index contributed by atoms with van der Waals surface area (Å²) in [5.41, 5.74) is -0.0637. The van der Waals surface area contributed by atoms with Crippen molar-refractivity contribution in [2.75, 3.05) is 19.3 Å². The highest BCUT2D eigenvalue weighted by Gasteiger charge is 2.50. The molecule has 94 valence electrons. The average molecular weight is 246 g/mol. The van der Waals surface area contributed by atoms with Crippen LogP contribution in [0.4, 0.5) is 0 Å². The lowest BCUT2D eigenvalue weighted by Crippen LogP contribution is -2.57. The Morgan fingerprint density at radius 2 is 2.12 bits per heavy atom. The van der Waals surface area contributed by atoms with Gasteiger partial charge in [-0.2, -0.15) is 0 Å². The molecule has 2 heterocycles. The second kappa shape index (κ2) is 4.48. The molecule has 0 bridgehead atoms. The van der Waals surface area contributed by atoms with E-state index in [0.29, 0.717) is 12.1 Å². The number of likely N-dealkylation sites (N-methyl/N-ethyl adjacent to an activating group) is 1. The topological polar surface area (TPSA) is 32.3 Å². The molecular weight excluding hydrogens is 222 g/mol. The Balaban J connectivity index is 2.09. The number of ether oxygens (including phenoxy) is 1. The monoisotopic (exact) mass is 246 g/mol. The van der Waals surface area contributed by atoms with Gasteiger partial charge in [0.05, 0.1) is 19.6 Å². The van der Waals surface area contributed by atoms with Gasteiger partial charge in [-0.05, 0) is 25.0 Å². The van der Waals surface area contributed by atoms with Crippen LogP contribution in [0.25, 0.3) is 0 Å². The normalized spacial score (nSPS) is 49.1. The van der Waals surface area contributed by atoms with Crippen LogP contribution in [0, 0.1) is 0 Å². The second-order valence-electron chi connectivity index (χ2n) is 5.66. The minimum absolute atomic E-state index is 0.0637. The molecule has 5 unspecified atom stereocenters. The summed E-state index contributed by atoms with van der Waals surface area (Å²) in [5, 5.41) is 0. The molecule has 16 heavy (non-hydrogen) atoms. The van der Waals surface area contributed by atoms with Gasteiger partial charge in [0.15, 0.2) is 6.10 Å². The number of nitrogens with zero attached hydrogens (tertiary/aromatic N) is 1. The van der Waals surface area contributed by atoms with Crippen molar-refractivity contribution in [3.63, 3.8) is 0 Å². The van der Waals surface area contributed by atoms with Gasteiger partial charge in [-0.25, -0.2) is 0 Å². The maximum absolute atomic E-state index is 11.7. The van der Waals surface area contributed by atoms with E-state index in [1.54, 1.807) is 0 Å². The zero-order chi connectivity index (χ0) is 11.9. The molecule has 2 aliphatic rings. The molecule has 0 aromatic carbocycles. The molecule has 3 nitrogen and oxygen atoms in total. The molecule has 0 aromatic rings. The van der Waals surface area contributed by atoms with Gasteiger partial charge in [-0.1, -0.05) is 0 Å². The van der Waals surface area contributed by atoms with E-state index in [2.05, 4.69) is 20.9 Å². The molecule has 0 amide bonds. The van der Waals surface area contributed by atoms with Crippen LogP contribution in [-0.2, 0) is 15.9 Å². The van der Waals surface area contributed by atoms with Crippen molar-refractivity contribution in [1.82, 2.24) is 0 Å². The standard InChI is InChI=1S/C12H24NO2S/c1-9(2)13(4)7-5-6-11(13)12-8-16(14)10(3)15-12/h9-12H,5-8H2,1-4H3/q+1. The van der Waals surface area contributed by atoms with Gasteiger partial charge >= 0.3 is 0 Å². The molecule has 2 aliphatic heterocycles. The molecule has 0 aromatic heterocycles. The first kappa shape index (κ1) is 12.7. The Labute approximate surface area is 102 Å². The summed E-state index contributed by atoms with van der Waals surface area (Å²) in [6.45, 7) is 7.75. The van der Waals surface area contributed by atoms with Crippen LogP contribution in [0.3, 0.4) is 0 Å². The van der Waals surface area contributed by atoms with Crippen LogP contribution in [-0.4, -0.2) is 52.0 Å². The van der Waals surface area contributed by atoms with Crippen molar-refractivity contribution in [3.05, 3.63) is 0 Å². The Morgan fingerprint density at radius 3 is 2.62 bits per heavy atom. The average Bonchev–Trinajstić information content (AvgIpc) is 2.73. The zero-order valence-corrected chi connectivity index (χ0v) is 11.6. The number of hydrogen-bond donors (Lipinski definition) is 0. The molecule has 2 rings (SSSR count). The Morgan fingerprint density at radius 1 is 1.44 bits per heavy atom. The van der Waals surface area contributed by atoms with Gasteiger partial charge in [0.2, 0.25) is 5.44 Å². The zero-order valence-electron chi connectivity index (χ0n) is 10.8. The molecular formula is C12H24NO2S+. The lowest BCUT2D eigenvalue weighted by Gasteiger charge is -2.41. The number of quaternary nitrogens is 1. The highest BCUT2D eigenvalue weighted by molar-refractivity contribution is 7.92. The van der Waals surface area contributed by atoms with Crippen LogP contribution in [0.1, 0.15) is 33.6 Å². The molecule has 0 spiro atoms. The second-order valence-corrected chi connectivity index (χ2v) is 7.42. The summed E-state index contributed by atoms with van der Waals surface area (Å²) in [5.74, 6) is 0.742. The van der Waals surface area contributed by atoms with E-state index in [1.807, 2.05) is 6.92 Å². The van der Waals surface area contributed by atoms with E-state index in [-0.39, 0.29) is 11.5 Å². The van der Waals surface area contributed by atoms with Gasteiger partial charge < -0.3 is 13.8 Å². The minimum Gasteiger partial charge on any atom is -0.614 e. The maximum Gasteiger partial charge on any atom is 0.213 e. The summed E-state index contributed by atoms with van der Waals surface area (Å²) in [6.07, 6.45) is 2.72. The molecule has 0 radical (unpaired) electrons. The van der Waals surface area contributed by atoms with Gasteiger partial charge in [0.25, 0.3) is 0 Å². The first-order valence-electron chi connectivity index (χ1n) is 6.32. The molecule has 0 saturated carbocycles. The molecule has 4 heteroatoms. The molecule has 0 N–H and O–H groups in total. The van der Waals surface area contributed by atoms with Crippen LogP contribution in [0.15, 0.2) is 0 Å². The number of likely N-dealkylation sites (tertiary alicyclic amines) is 1.